The summed E-state index contributed by atoms with van der Waals surface area (Å²) in [5.74, 6) is 0. The first kappa shape index (κ1) is 35.5. The maximum absolute atomic E-state index is 6.76. The molecule has 298 valence electrons. The molecule has 0 atom stereocenters. The molecule has 0 spiro atoms. The number of para-hydroxylation sites is 4. The van der Waals surface area contributed by atoms with Crippen LogP contribution in [-0.2, 0) is 0 Å². The molecule has 0 bridgehead atoms. The summed E-state index contributed by atoms with van der Waals surface area (Å²) in [5.41, 5.74) is 13.7. The molecular formula is C58H38N2O3. The summed E-state index contributed by atoms with van der Waals surface area (Å²) in [5, 5.41) is 11.1. The number of anilines is 6. The van der Waals surface area contributed by atoms with Crippen LogP contribution in [-0.4, -0.2) is 0 Å². The van der Waals surface area contributed by atoms with Gasteiger partial charge in [-0.3, -0.25) is 0 Å². The molecule has 63 heavy (non-hydrogen) atoms. The van der Waals surface area contributed by atoms with E-state index in [1.807, 2.05) is 24.3 Å². The zero-order valence-corrected chi connectivity index (χ0v) is 34.6. The molecule has 0 saturated carbocycles. The van der Waals surface area contributed by atoms with Gasteiger partial charge in [-0.1, -0.05) is 108 Å². The molecule has 3 aromatic heterocycles. The van der Waals surface area contributed by atoms with Crippen LogP contribution in [0.1, 0.15) is 11.1 Å². The summed E-state index contributed by atoms with van der Waals surface area (Å²) in [6.45, 7) is 4.24. The van der Waals surface area contributed by atoms with Gasteiger partial charge in [0.15, 0.2) is 11.2 Å². The third-order valence-electron chi connectivity index (χ3n) is 12.7. The van der Waals surface area contributed by atoms with E-state index in [1.54, 1.807) is 0 Å². The van der Waals surface area contributed by atoms with Gasteiger partial charge in [-0.2, -0.15) is 0 Å². The molecule has 0 aliphatic heterocycles. The minimum Gasteiger partial charge on any atom is -0.456 e. The summed E-state index contributed by atoms with van der Waals surface area (Å²) >= 11 is 0. The predicted octanol–water partition coefficient (Wildman–Crippen LogP) is 17.2. The quantitative estimate of drug-likeness (QED) is 0.167. The van der Waals surface area contributed by atoms with Gasteiger partial charge in [0, 0.05) is 55.1 Å². The molecule has 0 aliphatic rings. The Labute approximate surface area is 362 Å². The SMILES string of the molecule is Cc1ccc(N(c2ccc3cc4c(cc3c2)oc2cc3cc(N(c5ccc(C)cc5)c5cccc6c5oc5ccccc56)ccc3cc24)c2cccc3c2oc2ccccc23)cc1. The third-order valence-corrected chi connectivity index (χ3v) is 12.7. The smallest absolute Gasteiger partial charge is 0.159 e. The Kier molecular flexibility index (Phi) is 7.67. The number of hydrogen-bond donors (Lipinski definition) is 0. The molecule has 0 unspecified atom stereocenters. The van der Waals surface area contributed by atoms with E-state index in [0.717, 1.165) is 121 Å². The first-order chi connectivity index (χ1) is 31.0. The van der Waals surface area contributed by atoms with Gasteiger partial charge in [0.25, 0.3) is 0 Å². The van der Waals surface area contributed by atoms with Crippen LogP contribution in [0.4, 0.5) is 34.1 Å². The van der Waals surface area contributed by atoms with E-state index in [2.05, 4.69) is 194 Å². The van der Waals surface area contributed by atoms with E-state index in [0.29, 0.717) is 0 Å². The summed E-state index contributed by atoms with van der Waals surface area (Å²) in [4.78, 5) is 4.59. The van der Waals surface area contributed by atoms with Crippen LogP contribution in [0, 0.1) is 13.8 Å². The molecule has 0 saturated heterocycles. The standard InChI is InChI=1S/C58H38N2O3/c1-35-17-23-41(24-18-35)59(51-13-7-11-47-45-9-3-5-15-53(45)62-57(47)51)43-27-21-37-31-49-50-32-38-22-28-44(30-40(38)34-56(50)61-55(49)33-39(37)29-43)60(42-25-19-36(2)20-26-42)52-14-8-12-48-46-10-4-6-16-54(46)63-58(48)52/h3-34H,1-2H3. The summed E-state index contributed by atoms with van der Waals surface area (Å²) < 4.78 is 19.9. The highest BCUT2D eigenvalue weighted by Gasteiger charge is 2.22. The average Bonchev–Trinajstić information content (AvgIpc) is 4.00. The topological polar surface area (TPSA) is 45.9 Å². The second-order valence-electron chi connectivity index (χ2n) is 16.7. The van der Waals surface area contributed by atoms with Crippen LogP contribution in [0.25, 0.3) is 87.4 Å². The highest BCUT2D eigenvalue weighted by molar-refractivity contribution is 6.15. The lowest BCUT2D eigenvalue weighted by Gasteiger charge is -2.26. The van der Waals surface area contributed by atoms with Crippen molar-refractivity contribution in [3.63, 3.8) is 0 Å². The van der Waals surface area contributed by atoms with Crippen LogP contribution in [0.2, 0.25) is 0 Å². The van der Waals surface area contributed by atoms with Gasteiger partial charge in [-0.25, -0.2) is 0 Å². The third kappa shape index (κ3) is 5.63. The highest BCUT2D eigenvalue weighted by atomic mass is 16.3. The van der Waals surface area contributed by atoms with Crippen molar-refractivity contribution in [3.8, 4) is 0 Å². The van der Waals surface area contributed by atoms with Crippen LogP contribution in [0.5, 0.6) is 0 Å². The van der Waals surface area contributed by atoms with Crippen molar-refractivity contribution in [3.05, 3.63) is 205 Å². The normalized spacial score (nSPS) is 12.0. The minimum atomic E-state index is 0.851. The predicted molar refractivity (Wildman–Crippen MR) is 262 cm³/mol. The maximum Gasteiger partial charge on any atom is 0.159 e. The lowest BCUT2D eigenvalue weighted by Crippen LogP contribution is -2.10. The first-order valence-corrected chi connectivity index (χ1v) is 21.4. The van der Waals surface area contributed by atoms with Gasteiger partial charge in [0.1, 0.15) is 22.3 Å². The monoisotopic (exact) mass is 810 g/mol. The second-order valence-corrected chi connectivity index (χ2v) is 16.7. The van der Waals surface area contributed by atoms with E-state index in [1.165, 1.54) is 11.1 Å². The van der Waals surface area contributed by atoms with Crippen LogP contribution >= 0.6 is 0 Å². The van der Waals surface area contributed by atoms with Gasteiger partial charge in [-0.05, 0) is 132 Å². The average molecular weight is 811 g/mol. The molecule has 0 N–H and O–H groups in total. The number of furan rings is 3. The summed E-state index contributed by atoms with van der Waals surface area (Å²) in [7, 11) is 0. The Hall–Kier alpha value is -8.28. The van der Waals surface area contributed by atoms with Crippen molar-refractivity contribution in [2.75, 3.05) is 9.80 Å². The number of fused-ring (bicyclic) bond motifs is 11. The number of hydrogen-bond acceptors (Lipinski definition) is 5. The van der Waals surface area contributed by atoms with Gasteiger partial charge >= 0.3 is 0 Å². The van der Waals surface area contributed by atoms with Crippen molar-refractivity contribution in [1.29, 1.82) is 0 Å². The Morgan fingerprint density at radius 3 is 1.16 bits per heavy atom. The van der Waals surface area contributed by atoms with Crippen LogP contribution < -0.4 is 9.80 Å². The number of benzene rings is 10. The fraction of sp³-hybridized carbons (Fsp3) is 0.0345. The highest BCUT2D eigenvalue weighted by Crippen LogP contribution is 2.46. The van der Waals surface area contributed by atoms with E-state index < -0.39 is 0 Å². The lowest BCUT2D eigenvalue weighted by molar-refractivity contribution is 0.668. The minimum absolute atomic E-state index is 0.851. The zero-order valence-electron chi connectivity index (χ0n) is 34.6. The maximum atomic E-state index is 6.76. The molecule has 3 heterocycles. The van der Waals surface area contributed by atoms with Crippen molar-refractivity contribution in [2.45, 2.75) is 13.8 Å². The van der Waals surface area contributed by atoms with E-state index in [9.17, 15) is 0 Å². The summed E-state index contributed by atoms with van der Waals surface area (Å²) in [6, 6.07) is 69.0. The lowest BCUT2D eigenvalue weighted by atomic mass is 10.0. The van der Waals surface area contributed by atoms with Crippen molar-refractivity contribution >= 4 is 121 Å². The van der Waals surface area contributed by atoms with E-state index in [-0.39, 0.29) is 0 Å². The molecule has 10 aromatic carbocycles. The molecular weight excluding hydrogens is 773 g/mol. The van der Waals surface area contributed by atoms with Crippen molar-refractivity contribution in [1.82, 2.24) is 0 Å². The largest absolute Gasteiger partial charge is 0.456 e. The van der Waals surface area contributed by atoms with Gasteiger partial charge in [0.2, 0.25) is 0 Å². The zero-order chi connectivity index (χ0) is 41.8. The van der Waals surface area contributed by atoms with Crippen molar-refractivity contribution in [2.24, 2.45) is 0 Å². The Morgan fingerprint density at radius 2 is 0.698 bits per heavy atom. The summed E-state index contributed by atoms with van der Waals surface area (Å²) in [6.07, 6.45) is 0. The van der Waals surface area contributed by atoms with E-state index >= 15 is 0 Å². The second kappa shape index (κ2) is 13.6. The van der Waals surface area contributed by atoms with Crippen molar-refractivity contribution < 1.29 is 13.3 Å². The molecule has 13 aromatic rings. The Balaban J connectivity index is 0.942. The molecule has 0 amide bonds. The number of rotatable bonds is 6. The Morgan fingerprint density at radius 1 is 0.286 bits per heavy atom. The molecule has 0 radical (unpaired) electrons. The number of aryl methyl sites for hydroxylation is 2. The van der Waals surface area contributed by atoms with E-state index in [4.69, 9.17) is 13.3 Å². The van der Waals surface area contributed by atoms with Gasteiger partial charge < -0.3 is 23.1 Å². The van der Waals surface area contributed by atoms with Crippen LogP contribution in [0.3, 0.4) is 0 Å². The molecule has 5 heteroatoms. The molecule has 0 aliphatic carbocycles. The Bertz CT molecular complexity index is 3690. The fourth-order valence-electron chi connectivity index (χ4n) is 9.57. The van der Waals surface area contributed by atoms with Gasteiger partial charge in [-0.15, -0.1) is 0 Å². The number of nitrogens with zero attached hydrogens (tertiary/aromatic N) is 2. The molecule has 0 fully saturated rings. The van der Waals surface area contributed by atoms with Gasteiger partial charge in [0.05, 0.1) is 11.4 Å². The molecule has 13 rings (SSSR count). The van der Waals surface area contributed by atoms with Crippen LogP contribution in [0.15, 0.2) is 207 Å². The fourth-order valence-corrected chi connectivity index (χ4v) is 9.57. The molecule has 5 nitrogen and oxygen atoms in total. The first-order valence-electron chi connectivity index (χ1n) is 21.4.